The van der Waals surface area contributed by atoms with Crippen LogP contribution in [0.15, 0.2) is 52.3 Å². The Morgan fingerprint density at radius 3 is 2.03 bits per heavy atom. The first-order chi connectivity index (χ1) is 15.6. The smallest absolute Gasteiger partial charge is 0.265 e. The number of pyridine rings is 1. The molecule has 1 N–H and O–H groups in total. The normalized spacial score (nSPS) is 11.6. The van der Waals surface area contributed by atoms with Gasteiger partial charge in [-0.1, -0.05) is 35.9 Å². The molecule has 0 aliphatic carbocycles. The first-order valence-electron chi connectivity index (χ1n) is 9.63. The van der Waals surface area contributed by atoms with Crippen molar-refractivity contribution in [3.8, 4) is 11.6 Å². The van der Waals surface area contributed by atoms with Gasteiger partial charge in [0.05, 0.1) is 11.3 Å². The number of rotatable bonds is 3. The average molecular weight is 458 g/mol. The minimum absolute atomic E-state index is 0.144. The Morgan fingerprint density at radius 1 is 0.848 bits per heavy atom. The summed E-state index contributed by atoms with van der Waals surface area (Å²) in [5, 5.41) is 11.3. The standard InChI is InChI=1S/C24H15F5N2O2/c1-11-7-8-16(12(2)9-11)31-23(32)14-6-4-3-5-13(14)15(24(31)33)10-30-22-20(28)18(26)17(25)19(27)21(22)29/h3-10,33H,1-2H3. The van der Waals surface area contributed by atoms with E-state index < -0.39 is 46.2 Å². The minimum atomic E-state index is -2.30. The van der Waals surface area contributed by atoms with E-state index in [4.69, 9.17) is 0 Å². The molecule has 4 rings (SSSR count). The summed E-state index contributed by atoms with van der Waals surface area (Å²) >= 11 is 0. The molecule has 9 heteroatoms. The molecule has 0 atom stereocenters. The molecule has 0 aliphatic rings. The number of fused-ring (bicyclic) bond motifs is 1. The van der Waals surface area contributed by atoms with E-state index in [1.807, 2.05) is 6.92 Å². The molecule has 1 heterocycles. The van der Waals surface area contributed by atoms with Crippen molar-refractivity contribution in [1.29, 1.82) is 0 Å². The molecule has 0 radical (unpaired) electrons. The van der Waals surface area contributed by atoms with Gasteiger partial charge in [0.25, 0.3) is 5.56 Å². The molecule has 4 nitrogen and oxygen atoms in total. The third kappa shape index (κ3) is 3.55. The van der Waals surface area contributed by atoms with E-state index in [2.05, 4.69) is 4.99 Å². The molecule has 0 amide bonds. The van der Waals surface area contributed by atoms with Crippen LogP contribution < -0.4 is 5.56 Å². The summed E-state index contributed by atoms with van der Waals surface area (Å²) in [5.41, 5.74) is -0.209. The third-order valence-electron chi connectivity index (χ3n) is 5.21. The summed E-state index contributed by atoms with van der Waals surface area (Å²) in [5.74, 6) is -11.4. The number of nitrogens with zero attached hydrogens (tertiary/aromatic N) is 2. The minimum Gasteiger partial charge on any atom is -0.494 e. The van der Waals surface area contributed by atoms with Crippen LogP contribution >= 0.6 is 0 Å². The van der Waals surface area contributed by atoms with Crippen LogP contribution in [0.2, 0.25) is 0 Å². The zero-order valence-corrected chi connectivity index (χ0v) is 17.3. The van der Waals surface area contributed by atoms with Gasteiger partial charge in [-0.15, -0.1) is 0 Å². The highest BCUT2D eigenvalue weighted by Gasteiger charge is 2.26. The molecule has 168 valence electrons. The Hall–Kier alpha value is -4.01. The van der Waals surface area contributed by atoms with Gasteiger partial charge in [-0.2, -0.15) is 0 Å². The lowest BCUT2D eigenvalue weighted by molar-refractivity contribution is 0.381. The van der Waals surface area contributed by atoms with Crippen molar-refractivity contribution in [2.24, 2.45) is 4.99 Å². The van der Waals surface area contributed by atoms with Crippen LogP contribution in [-0.2, 0) is 0 Å². The van der Waals surface area contributed by atoms with Crippen LogP contribution in [0.3, 0.4) is 0 Å². The van der Waals surface area contributed by atoms with Gasteiger partial charge >= 0.3 is 0 Å². The number of aromatic hydroxyl groups is 1. The molecule has 33 heavy (non-hydrogen) atoms. The van der Waals surface area contributed by atoms with E-state index in [1.165, 1.54) is 12.1 Å². The lowest BCUT2D eigenvalue weighted by Crippen LogP contribution is -2.21. The van der Waals surface area contributed by atoms with Crippen LogP contribution in [0.1, 0.15) is 16.7 Å². The highest BCUT2D eigenvalue weighted by molar-refractivity contribution is 6.02. The largest absolute Gasteiger partial charge is 0.494 e. The van der Waals surface area contributed by atoms with Crippen molar-refractivity contribution in [1.82, 2.24) is 4.57 Å². The van der Waals surface area contributed by atoms with E-state index >= 15 is 0 Å². The summed E-state index contributed by atoms with van der Waals surface area (Å²) in [7, 11) is 0. The summed E-state index contributed by atoms with van der Waals surface area (Å²) < 4.78 is 69.5. The van der Waals surface area contributed by atoms with Gasteiger partial charge in [0.1, 0.15) is 5.69 Å². The number of halogens is 5. The lowest BCUT2D eigenvalue weighted by atomic mass is 10.1. The Bertz CT molecular complexity index is 1500. The summed E-state index contributed by atoms with van der Waals surface area (Å²) in [6.45, 7) is 3.58. The van der Waals surface area contributed by atoms with Crippen molar-refractivity contribution in [2.45, 2.75) is 13.8 Å². The zero-order valence-electron chi connectivity index (χ0n) is 17.3. The first-order valence-corrected chi connectivity index (χ1v) is 9.63. The summed E-state index contributed by atoms with van der Waals surface area (Å²) in [6.07, 6.45) is 0.759. The molecule has 4 aromatic rings. The second-order valence-corrected chi connectivity index (χ2v) is 7.39. The quantitative estimate of drug-likeness (QED) is 0.184. The molecule has 1 aromatic heterocycles. The number of aromatic nitrogens is 1. The van der Waals surface area contributed by atoms with Crippen LogP contribution in [-0.4, -0.2) is 15.9 Å². The average Bonchev–Trinajstić information content (AvgIpc) is 2.79. The van der Waals surface area contributed by atoms with Gasteiger partial charge in [-0.05, 0) is 31.5 Å². The topological polar surface area (TPSA) is 54.6 Å². The Kier molecular flexibility index (Phi) is 5.49. The number of aryl methyl sites for hydroxylation is 2. The SMILES string of the molecule is Cc1ccc(-n2c(O)c(C=Nc3c(F)c(F)c(F)c(F)c3F)c3ccccc3c2=O)c(C)c1. The summed E-state index contributed by atoms with van der Waals surface area (Å²) in [4.78, 5) is 16.6. The Labute approximate surface area is 183 Å². The fraction of sp³-hybridized carbons (Fsp3) is 0.0833. The van der Waals surface area contributed by atoms with Crippen molar-refractivity contribution in [3.05, 3.63) is 98.6 Å². The van der Waals surface area contributed by atoms with E-state index in [-0.39, 0.29) is 16.3 Å². The van der Waals surface area contributed by atoms with E-state index in [0.717, 1.165) is 16.3 Å². The molecule has 0 aliphatic heterocycles. The molecule has 0 bridgehead atoms. The van der Waals surface area contributed by atoms with E-state index in [9.17, 15) is 31.9 Å². The molecule has 0 saturated carbocycles. The van der Waals surface area contributed by atoms with Crippen LogP contribution in [0.4, 0.5) is 27.6 Å². The summed E-state index contributed by atoms with van der Waals surface area (Å²) in [6, 6.07) is 11.2. The molecular formula is C24H15F5N2O2. The van der Waals surface area contributed by atoms with Gasteiger partial charge in [0.2, 0.25) is 11.7 Å². The zero-order chi connectivity index (χ0) is 24.0. The van der Waals surface area contributed by atoms with Gasteiger partial charge in [0, 0.05) is 17.0 Å². The first kappa shape index (κ1) is 22.2. The van der Waals surface area contributed by atoms with Crippen molar-refractivity contribution >= 4 is 22.7 Å². The predicted octanol–water partition coefficient (Wildman–Crippen LogP) is 5.76. The molecule has 0 fully saturated rings. The Balaban J connectivity index is 2.03. The maximum Gasteiger partial charge on any atom is 0.265 e. The number of hydrogen-bond acceptors (Lipinski definition) is 3. The highest BCUT2D eigenvalue weighted by Crippen LogP contribution is 2.31. The maximum atomic E-state index is 14.1. The molecule has 0 spiro atoms. The van der Waals surface area contributed by atoms with Crippen molar-refractivity contribution in [3.63, 3.8) is 0 Å². The van der Waals surface area contributed by atoms with Gasteiger partial charge in [0.15, 0.2) is 23.3 Å². The van der Waals surface area contributed by atoms with Crippen molar-refractivity contribution < 1.29 is 27.1 Å². The van der Waals surface area contributed by atoms with E-state index in [0.29, 0.717) is 11.3 Å². The number of hydrogen-bond donors (Lipinski definition) is 1. The molecule has 0 unspecified atom stereocenters. The fourth-order valence-corrected chi connectivity index (χ4v) is 3.60. The van der Waals surface area contributed by atoms with Crippen molar-refractivity contribution in [2.75, 3.05) is 0 Å². The lowest BCUT2D eigenvalue weighted by Gasteiger charge is -2.16. The monoisotopic (exact) mass is 458 g/mol. The molecule has 0 saturated heterocycles. The second-order valence-electron chi connectivity index (χ2n) is 7.39. The highest BCUT2D eigenvalue weighted by atomic mass is 19.2. The number of benzene rings is 3. The third-order valence-corrected chi connectivity index (χ3v) is 5.21. The maximum absolute atomic E-state index is 14.1. The van der Waals surface area contributed by atoms with Gasteiger partial charge < -0.3 is 5.11 Å². The second kappa shape index (κ2) is 8.16. The fourth-order valence-electron chi connectivity index (χ4n) is 3.60. The Morgan fingerprint density at radius 2 is 1.42 bits per heavy atom. The van der Waals surface area contributed by atoms with Crippen LogP contribution in [0.25, 0.3) is 16.5 Å². The molecular weight excluding hydrogens is 443 g/mol. The number of aliphatic imine (C=N–C) groups is 1. The van der Waals surface area contributed by atoms with Gasteiger partial charge in [-0.3, -0.25) is 4.79 Å². The van der Waals surface area contributed by atoms with Crippen LogP contribution in [0, 0.1) is 42.9 Å². The van der Waals surface area contributed by atoms with Gasteiger partial charge in [-0.25, -0.2) is 31.5 Å². The van der Waals surface area contributed by atoms with Crippen LogP contribution in [0.5, 0.6) is 5.88 Å². The molecule has 3 aromatic carbocycles. The predicted molar refractivity (Wildman–Crippen MR) is 114 cm³/mol. The van der Waals surface area contributed by atoms with E-state index in [1.54, 1.807) is 37.3 Å².